The molecule has 0 radical (unpaired) electrons. The van der Waals surface area contributed by atoms with Crippen LogP contribution in [-0.4, -0.2) is 51.9 Å². The van der Waals surface area contributed by atoms with Gasteiger partial charge in [-0.2, -0.15) is 0 Å². The Hall–Kier alpha value is -2.67. The van der Waals surface area contributed by atoms with Gasteiger partial charge in [-0.25, -0.2) is 4.98 Å². The van der Waals surface area contributed by atoms with Crippen LogP contribution in [0, 0.1) is 6.92 Å². The molecule has 2 amide bonds. The molecule has 138 valence electrons. The molecule has 1 aromatic heterocycles. The number of hydrogen-bond acceptors (Lipinski definition) is 4. The van der Waals surface area contributed by atoms with E-state index in [4.69, 9.17) is 5.73 Å². The number of amides is 2. The molecule has 1 saturated heterocycles. The second-order valence-electron chi connectivity index (χ2n) is 6.83. The number of hydrogen-bond donors (Lipinski definition) is 3. The van der Waals surface area contributed by atoms with E-state index in [0.717, 1.165) is 24.1 Å². The van der Waals surface area contributed by atoms with Crippen LogP contribution in [0.15, 0.2) is 36.8 Å². The number of nitrogens with one attached hydrogen (secondary N) is 2. The van der Waals surface area contributed by atoms with Crippen LogP contribution in [0.2, 0.25) is 0 Å². The Morgan fingerprint density at radius 2 is 2.00 bits per heavy atom. The molecule has 0 saturated carbocycles. The minimum absolute atomic E-state index is 0.0470. The maximum absolute atomic E-state index is 12.5. The van der Waals surface area contributed by atoms with E-state index in [-0.39, 0.29) is 17.9 Å². The highest BCUT2D eigenvalue weighted by Crippen LogP contribution is 2.15. The monoisotopic (exact) mass is 355 g/mol. The van der Waals surface area contributed by atoms with Gasteiger partial charge in [0.2, 0.25) is 5.91 Å². The number of carbonyl (C=O) groups is 2. The second kappa shape index (κ2) is 8.14. The molecule has 7 heteroatoms. The number of aromatic nitrogens is 2. The summed E-state index contributed by atoms with van der Waals surface area (Å²) in [6, 6.07) is 7.06. The number of nitrogens with zero attached hydrogens (tertiary/aromatic N) is 2. The number of piperidine rings is 1. The topological polar surface area (TPSA) is 104 Å². The Bertz CT molecular complexity index is 734. The minimum atomic E-state index is -0.609. The summed E-state index contributed by atoms with van der Waals surface area (Å²) < 4.78 is 0. The summed E-state index contributed by atoms with van der Waals surface area (Å²) in [7, 11) is 0. The molecular formula is C19H25N5O2. The largest absolute Gasteiger partial charge is 0.352 e. The Morgan fingerprint density at radius 3 is 2.62 bits per heavy atom. The lowest BCUT2D eigenvalue weighted by molar-refractivity contribution is -0.123. The molecular weight excluding hydrogens is 330 g/mol. The van der Waals surface area contributed by atoms with Crippen molar-refractivity contribution in [3.8, 4) is 0 Å². The van der Waals surface area contributed by atoms with E-state index < -0.39 is 6.04 Å². The first-order valence-corrected chi connectivity index (χ1v) is 8.92. The first-order chi connectivity index (χ1) is 12.5. The number of benzene rings is 1. The molecule has 26 heavy (non-hydrogen) atoms. The summed E-state index contributed by atoms with van der Waals surface area (Å²) in [5.74, 6) is -0.117. The molecule has 1 aliphatic heterocycles. The number of H-pyrrole nitrogens is 1. The highest BCUT2D eigenvalue weighted by molar-refractivity contribution is 5.94. The Kier molecular flexibility index (Phi) is 5.68. The summed E-state index contributed by atoms with van der Waals surface area (Å²) in [4.78, 5) is 33.5. The van der Waals surface area contributed by atoms with Crippen molar-refractivity contribution in [2.24, 2.45) is 5.73 Å². The van der Waals surface area contributed by atoms with E-state index >= 15 is 0 Å². The van der Waals surface area contributed by atoms with E-state index in [9.17, 15) is 9.59 Å². The highest BCUT2D eigenvalue weighted by atomic mass is 16.2. The molecule has 1 fully saturated rings. The minimum Gasteiger partial charge on any atom is -0.352 e. The smallest absolute Gasteiger partial charge is 0.253 e. The van der Waals surface area contributed by atoms with Gasteiger partial charge in [-0.1, -0.05) is 17.7 Å². The molecule has 0 aliphatic carbocycles. The third kappa shape index (κ3) is 4.49. The van der Waals surface area contributed by atoms with Gasteiger partial charge in [0, 0.05) is 43.0 Å². The maximum atomic E-state index is 12.5. The SMILES string of the molecule is Cc1ccc(C(=O)N2CCC(NC(=O)[C@@H](N)Cc3cnc[nH]3)CC2)cc1. The number of nitrogens with two attached hydrogens (primary N) is 1. The van der Waals surface area contributed by atoms with Crippen LogP contribution in [0.4, 0.5) is 0 Å². The van der Waals surface area contributed by atoms with E-state index in [1.54, 1.807) is 12.5 Å². The highest BCUT2D eigenvalue weighted by Gasteiger charge is 2.26. The Labute approximate surface area is 153 Å². The van der Waals surface area contributed by atoms with Gasteiger partial charge in [-0.3, -0.25) is 9.59 Å². The van der Waals surface area contributed by atoms with Crippen LogP contribution < -0.4 is 11.1 Å². The van der Waals surface area contributed by atoms with Gasteiger partial charge in [0.25, 0.3) is 5.91 Å². The third-order valence-corrected chi connectivity index (χ3v) is 4.76. The van der Waals surface area contributed by atoms with Gasteiger partial charge in [-0.15, -0.1) is 0 Å². The molecule has 1 aliphatic rings. The van der Waals surface area contributed by atoms with Gasteiger partial charge in [0.15, 0.2) is 0 Å². The lowest BCUT2D eigenvalue weighted by Gasteiger charge is -2.33. The zero-order valence-electron chi connectivity index (χ0n) is 14.9. The predicted octanol–water partition coefficient (Wildman–Crippen LogP) is 1.01. The van der Waals surface area contributed by atoms with Crippen LogP contribution >= 0.6 is 0 Å². The van der Waals surface area contributed by atoms with Gasteiger partial charge in [0.1, 0.15) is 0 Å². The van der Waals surface area contributed by atoms with Crippen LogP contribution in [0.25, 0.3) is 0 Å². The van der Waals surface area contributed by atoms with E-state index in [0.29, 0.717) is 25.1 Å². The Morgan fingerprint density at radius 1 is 1.31 bits per heavy atom. The number of rotatable bonds is 5. The molecule has 1 aromatic carbocycles. The summed E-state index contributed by atoms with van der Waals surface area (Å²) >= 11 is 0. The molecule has 3 rings (SSSR count). The van der Waals surface area contributed by atoms with E-state index in [1.807, 2.05) is 36.1 Å². The molecule has 4 N–H and O–H groups in total. The molecule has 0 spiro atoms. The average Bonchev–Trinajstić information content (AvgIpc) is 3.15. The van der Waals surface area contributed by atoms with Crippen molar-refractivity contribution in [3.05, 3.63) is 53.6 Å². The van der Waals surface area contributed by atoms with E-state index in [1.165, 1.54) is 0 Å². The van der Waals surface area contributed by atoms with Crippen molar-refractivity contribution in [3.63, 3.8) is 0 Å². The lowest BCUT2D eigenvalue weighted by Crippen LogP contribution is -2.51. The molecule has 0 unspecified atom stereocenters. The number of aryl methyl sites for hydroxylation is 1. The first-order valence-electron chi connectivity index (χ1n) is 8.92. The van der Waals surface area contributed by atoms with Crippen molar-refractivity contribution in [2.75, 3.05) is 13.1 Å². The fourth-order valence-electron chi connectivity index (χ4n) is 3.14. The molecule has 2 aromatic rings. The normalized spacial score (nSPS) is 16.3. The molecule has 1 atom stereocenters. The summed E-state index contributed by atoms with van der Waals surface area (Å²) in [6.45, 7) is 3.26. The van der Waals surface area contributed by atoms with Crippen LogP contribution in [0.5, 0.6) is 0 Å². The van der Waals surface area contributed by atoms with Crippen molar-refractivity contribution in [1.82, 2.24) is 20.2 Å². The lowest BCUT2D eigenvalue weighted by atomic mass is 10.0. The van der Waals surface area contributed by atoms with Gasteiger partial charge < -0.3 is 20.9 Å². The van der Waals surface area contributed by atoms with Crippen LogP contribution in [0.1, 0.15) is 34.5 Å². The second-order valence-corrected chi connectivity index (χ2v) is 6.83. The Balaban J connectivity index is 1.46. The van der Waals surface area contributed by atoms with Crippen molar-refractivity contribution in [1.29, 1.82) is 0 Å². The third-order valence-electron chi connectivity index (χ3n) is 4.76. The fourth-order valence-corrected chi connectivity index (χ4v) is 3.14. The average molecular weight is 355 g/mol. The van der Waals surface area contributed by atoms with Gasteiger partial charge in [0.05, 0.1) is 12.4 Å². The molecule has 7 nitrogen and oxygen atoms in total. The number of likely N-dealkylation sites (tertiary alicyclic amines) is 1. The number of carbonyl (C=O) groups excluding carboxylic acids is 2. The first kappa shape index (κ1) is 18.1. The van der Waals surface area contributed by atoms with Crippen molar-refractivity contribution < 1.29 is 9.59 Å². The van der Waals surface area contributed by atoms with Crippen LogP contribution in [-0.2, 0) is 11.2 Å². The zero-order valence-corrected chi connectivity index (χ0v) is 14.9. The molecule has 2 heterocycles. The number of aromatic amines is 1. The van der Waals surface area contributed by atoms with Crippen molar-refractivity contribution >= 4 is 11.8 Å². The number of imidazole rings is 1. The molecule has 0 bridgehead atoms. The van der Waals surface area contributed by atoms with Gasteiger partial charge in [-0.05, 0) is 31.9 Å². The van der Waals surface area contributed by atoms with Gasteiger partial charge >= 0.3 is 0 Å². The maximum Gasteiger partial charge on any atom is 0.253 e. The standard InChI is InChI=1S/C19H25N5O2/c1-13-2-4-14(5-3-13)19(26)24-8-6-15(7-9-24)23-18(25)17(20)10-16-11-21-12-22-16/h2-5,11-12,15,17H,6-10,20H2,1H3,(H,21,22)(H,23,25)/t17-/m0/s1. The fraction of sp³-hybridized carbons (Fsp3) is 0.421. The predicted molar refractivity (Wildman–Crippen MR) is 98.5 cm³/mol. The van der Waals surface area contributed by atoms with E-state index in [2.05, 4.69) is 15.3 Å². The summed E-state index contributed by atoms with van der Waals surface area (Å²) in [5.41, 5.74) is 8.65. The quantitative estimate of drug-likeness (QED) is 0.744. The van der Waals surface area contributed by atoms with Crippen LogP contribution in [0.3, 0.4) is 0 Å². The van der Waals surface area contributed by atoms with Crippen molar-refractivity contribution in [2.45, 2.75) is 38.3 Å². The summed E-state index contributed by atoms with van der Waals surface area (Å²) in [5, 5.41) is 3.00. The summed E-state index contributed by atoms with van der Waals surface area (Å²) in [6.07, 6.45) is 5.14. The zero-order chi connectivity index (χ0) is 18.5.